The van der Waals surface area contributed by atoms with Crippen LogP contribution in [0.15, 0.2) is 29.1 Å². The van der Waals surface area contributed by atoms with Gasteiger partial charge in [-0.05, 0) is 30.5 Å². The average molecular weight is 261 g/mol. The maximum absolute atomic E-state index is 11.6. The first-order valence-electron chi connectivity index (χ1n) is 6.94. The minimum atomic E-state index is -0.0446. The van der Waals surface area contributed by atoms with Crippen molar-refractivity contribution in [1.82, 2.24) is 4.98 Å². The zero-order valence-corrected chi connectivity index (χ0v) is 12.2. The molecule has 3 nitrogen and oxygen atoms in total. The molecular weight excluding hydrogens is 238 g/mol. The minimum Gasteiger partial charge on any atom is -0.497 e. The van der Waals surface area contributed by atoms with Crippen LogP contribution in [-0.4, -0.2) is 12.1 Å². The Hall–Kier alpha value is -1.77. The van der Waals surface area contributed by atoms with Crippen LogP contribution in [0.4, 0.5) is 0 Å². The molecule has 0 unspecified atom stereocenters. The van der Waals surface area contributed by atoms with Crippen LogP contribution in [0.2, 0.25) is 0 Å². The van der Waals surface area contributed by atoms with E-state index in [9.17, 15) is 4.79 Å². The molecule has 0 spiro atoms. The van der Waals surface area contributed by atoms with E-state index in [0.29, 0.717) is 0 Å². The summed E-state index contributed by atoms with van der Waals surface area (Å²) in [7, 11) is 1.63. The standard InChI is InChI=1S/C14H17NO2.C2H6/c1-3-4-5-10-8-14(16)15-13-9-11(17-2)6-7-12(10)13;1-2/h6-9H,3-5H2,1-2H3,(H,15,16);1-2H3. The number of pyridine rings is 1. The summed E-state index contributed by atoms with van der Waals surface area (Å²) in [5, 5.41) is 1.11. The quantitative estimate of drug-likeness (QED) is 0.906. The van der Waals surface area contributed by atoms with E-state index in [0.717, 1.165) is 41.5 Å². The molecule has 1 heterocycles. The molecule has 1 aromatic carbocycles. The lowest BCUT2D eigenvalue weighted by molar-refractivity contribution is 0.415. The van der Waals surface area contributed by atoms with E-state index in [1.807, 2.05) is 32.0 Å². The molecule has 1 N–H and O–H groups in total. The molecule has 0 saturated heterocycles. The maximum Gasteiger partial charge on any atom is 0.248 e. The zero-order valence-electron chi connectivity index (χ0n) is 12.2. The number of methoxy groups -OCH3 is 1. The molecule has 1 aromatic heterocycles. The normalized spacial score (nSPS) is 9.89. The van der Waals surface area contributed by atoms with Gasteiger partial charge in [0.15, 0.2) is 0 Å². The van der Waals surface area contributed by atoms with Gasteiger partial charge in [0.2, 0.25) is 5.56 Å². The van der Waals surface area contributed by atoms with E-state index < -0.39 is 0 Å². The number of ether oxygens (including phenoxy) is 1. The van der Waals surface area contributed by atoms with Gasteiger partial charge in [0.05, 0.1) is 12.6 Å². The summed E-state index contributed by atoms with van der Waals surface area (Å²) in [5.74, 6) is 0.765. The first kappa shape index (κ1) is 15.3. The van der Waals surface area contributed by atoms with E-state index >= 15 is 0 Å². The highest BCUT2D eigenvalue weighted by atomic mass is 16.5. The number of hydrogen-bond donors (Lipinski definition) is 1. The Kier molecular flexibility index (Phi) is 6.13. The van der Waals surface area contributed by atoms with Gasteiger partial charge in [0.1, 0.15) is 5.75 Å². The number of aryl methyl sites for hydroxylation is 1. The lowest BCUT2D eigenvalue weighted by Crippen LogP contribution is -2.06. The van der Waals surface area contributed by atoms with Crippen molar-refractivity contribution in [2.45, 2.75) is 40.0 Å². The number of H-pyrrole nitrogens is 1. The molecule has 0 radical (unpaired) electrons. The summed E-state index contributed by atoms with van der Waals surface area (Å²) in [4.78, 5) is 14.4. The van der Waals surface area contributed by atoms with Crippen LogP contribution in [0.5, 0.6) is 5.75 Å². The summed E-state index contributed by atoms with van der Waals surface area (Å²) >= 11 is 0. The summed E-state index contributed by atoms with van der Waals surface area (Å²) in [5.41, 5.74) is 1.92. The lowest BCUT2D eigenvalue weighted by Gasteiger charge is -2.07. The Morgan fingerprint density at radius 2 is 1.95 bits per heavy atom. The first-order valence-corrected chi connectivity index (χ1v) is 6.94. The molecule has 0 saturated carbocycles. The number of rotatable bonds is 4. The van der Waals surface area contributed by atoms with Gasteiger partial charge in [0, 0.05) is 17.5 Å². The second-order valence-electron chi connectivity index (χ2n) is 4.17. The summed E-state index contributed by atoms with van der Waals surface area (Å²) in [6, 6.07) is 7.50. The van der Waals surface area contributed by atoms with Gasteiger partial charge in [-0.15, -0.1) is 0 Å². The fourth-order valence-corrected chi connectivity index (χ4v) is 2.01. The van der Waals surface area contributed by atoms with Gasteiger partial charge in [-0.25, -0.2) is 0 Å². The molecule has 3 heteroatoms. The number of benzene rings is 1. The topological polar surface area (TPSA) is 42.1 Å². The minimum absolute atomic E-state index is 0.0446. The zero-order chi connectivity index (χ0) is 14.3. The molecule has 0 aliphatic rings. The van der Waals surface area contributed by atoms with Crippen molar-refractivity contribution in [1.29, 1.82) is 0 Å². The SMILES string of the molecule is CC.CCCCc1cc(=O)[nH]c2cc(OC)ccc12. The Morgan fingerprint density at radius 1 is 1.21 bits per heavy atom. The third-order valence-corrected chi connectivity index (χ3v) is 2.94. The highest BCUT2D eigenvalue weighted by Gasteiger charge is 2.04. The Morgan fingerprint density at radius 3 is 2.58 bits per heavy atom. The van der Waals surface area contributed by atoms with Crippen LogP contribution in [0.1, 0.15) is 39.2 Å². The molecule has 0 aliphatic carbocycles. The molecule has 104 valence electrons. The van der Waals surface area contributed by atoms with Gasteiger partial charge in [-0.2, -0.15) is 0 Å². The predicted octanol–water partition coefficient (Wildman–Crippen LogP) is 3.91. The van der Waals surface area contributed by atoms with Gasteiger partial charge >= 0.3 is 0 Å². The number of hydrogen-bond acceptors (Lipinski definition) is 2. The van der Waals surface area contributed by atoms with Gasteiger partial charge in [0.25, 0.3) is 0 Å². The number of aromatic amines is 1. The third-order valence-electron chi connectivity index (χ3n) is 2.94. The van der Waals surface area contributed by atoms with E-state index in [2.05, 4.69) is 11.9 Å². The van der Waals surface area contributed by atoms with E-state index in [-0.39, 0.29) is 5.56 Å². The Labute approximate surface area is 114 Å². The summed E-state index contributed by atoms with van der Waals surface area (Å²) < 4.78 is 5.16. The predicted molar refractivity (Wildman–Crippen MR) is 81.1 cm³/mol. The highest BCUT2D eigenvalue weighted by molar-refractivity contribution is 5.83. The molecule has 0 amide bonds. The van der Waals surface area contributed by atoms with Gasteiger partial charge in [-0.3, -0.25) is 4.79 Å². The molecule has 0 fully saturated rings. The van der Waals surface area contributed by atoms with Crippen LogP contribution >= 0.6 is 0 Å². The Bertz CT molecular complexity index is 572. The molecule has 2 rings (SSSR count). The molecule has 0 aliphatic heterocycles. The second-order valence-corrected chi connectivity index (χ2v) is 4.17. The molecule has 2 aromatic rings. The maximum atomic E-state index is 11.6. The van der Waals surface area contributed by atoms with Crippen molar-refractivity contribution in [2.75, 3.05) is 7.11 Å². The smallest absolute Gasteiger partial charge is 0.248 e. The van der Waals surface area contributed by atoms with Crippen molar-refractivity contribution < 1.29 is 4.74 Å². The Balaban J connectivity index is 0.000000861. The second kappa shape index (κ2) is 7.62. The van der Waals surface area contributed by atoms with E-state index in [1.54, 1.807) is 13.2 Å². The van der Waals surface area contributed by atoms with Gasteiger partial charge < -0.3 is 9.72 Å². The van der Waals surface area contributed by atoms with Crippen LogP contribution < -0.4 is 10.3 Å². The monoisotopic (exact) mass is 261 g/mol. The average Bonchev–Trinajstić information content (AvgIpc) is 2.45. The van der Waals surface area contributed by atoms with Crippen molar-refractivity contribution in [3.63, 3.8) is 0 Å². The van der Waals surface area contributed by atoms with Crippen molar-refractivity contribution >= 4 is 10.9 Å². The van der Waals surface area contributed by atoms with Crippen LogP contribution in [0, 0.1) is 0 Å². The van der Waals surface area contributed by atoms with E-state index in [4.69, 9.17) is 4.74 Å². The van der Waals surface area contributed by atoms with Crippen LogP contribution in [0.25, 0.3) is 10.9 Å². The lowest BCUT2D eigenvalue weighted by atomic mass is 10.0. The van der Waals surface area contributed by atoms with Gasteiger partial charge in [-0.1, -0.05) is 27.2 Å². The number of fused-ring (bicyclic) bond motifs is 1. The fraction of sp³-hybridized carbons (Fsp3) is 0.438. The van der Waals surface area contributed by atoms with E-state index in [1.165, 1.54) is 0 Å². The fourth-order valence-electron chi connectivity index (χ4n) is 2.01. The van der Waals surface area contributed by atoms with Crippen LogP contribution in [-0.2, 0) is 6.42 Å². The highest BCUT2D eigenvalue weighted by Crippen LogP contribution is 2.21. The van der Waals surface area contributed by atoms with Crippen molar-refractivity contribution in [2.24, 2.45) is 0 Å². The summed E-state index contributed by atoms with van der Waals surface area (Å²) in [6.45, 7) is 6.15. The third kappa shape index (κ3) is 3.85. The van der Waals surface area contributed by atoms with Crippen LogP contribution in [0.3, 0.4) is 0 Å². The molecule has 0 bridgehead atoms. The molecular formula is C16H23NO2. The largest absolute Gasteiger partial charge is 0.497 e. The summed E-state index contributed by atoms with van der Waals surface area (Å²) in [6.07, 6.45) is 3.18. The van der Waals surface area contributed by atoms with Crippen molar-refractivity contribution in [3.8, 4) is 5.75 Å². The number of aromatic nitrogens is 1. The molecule has 19 heavy (non-hydrogen) atoms. The van der Waals surface area contributed by atoms with Crippen molar-refractivity contribution in [3.05, 3.63) is 40.2 Å². The number of unbranched alkanes of at least 4 members (excludes halogenated alkanes) is 1. The molecule has 0 atom stereocenters. The number of nitrogens with one attached hydrogen (secondary N) is 1. The first-order chi connectivity index (χ1) is 9.24.